The van der Waals surface area contributed by atoms with Gasteiger partial charge in [-0.05, 0) is 50.1 Å². The Kier molecular flexibility index (Phi) is 6.38. The summed E-state index contributed by atoms with van der Waals surface area (Å²) in [5.74, 6) is 0. The Labute approximate surface area is 172 Å². The number of fused-ring (bicyclic) bond motifs is 1. The zero-order chi connectivity index (χ0) is 18.9. The van der Waals surface area contributed by atoms with Crippen LogP contribution in [0.15, 0.2) is 70.6 Å². The molecule has 0 spiro atoms. The predicted molar refractivity (Wildman–Crippen MR) is 115 cm³/mol. The summed E-state index contributed by atoms with van der Waals surface area (Å²) in [6.45, 7) is 4.25. The molecule has 28 heavy (non-hydrogen) atoms. The number of sulfone groups is 1. The first-order valence-electron chi connectivity index (χ1n) is 9.47. The maximum atomic E-state index is 12.9. The first kappa shape index (κ1) is 20.8. The highest BCUT2D eigenvalue weighted by Crippen LogP contribution is 2.26. The molecule has 0 bridgehead atoms. The zero-order valence-corrected chi connectivity index (χ0v) is 17.5. The minimum atomic E-state index is -3.55. The molecule has 0 radical (unpaired) electrons. The number of halogens is 1. The predicted octanol–water partition coefficient (Wildman–Crippen LogP) is 4.86. The Hall–Kier alpha value is -1.95. The molecule has 4 nitrogen and oxygen atoms in total. The van der Waals surface area contributed by atoms with Crippen LogP contribution in [-0.2, 0) is 16.4 Å². The number of likely N-dealkylation sites (tertiary alicyclic amines) is 1. The van der Waals surface area contributed by atoms with E-state index in [0.29, 0.717) is 10.9 Å². The molecule has 2 heterocycles. The lowest BCUT2D eigenvalue weighted by Crippen LogP contribution is -2.36. The van der Waals surface area contributed by atoms with Crippen molar-refractivity contribution in [2.75, 3.05) is 6.54 Å². The second-order valence-corrected chi connectivity index (χ2v) is 9.24. The molecule has 1 saturated heterocycles. The van der Waals surface area contributed by atoms with Gasteiger partial charge in [-0.15, -0.1) is 12.4 Å². The van der Waals surface area contributed by atoms with Gasteiger partial charge in [0.25, 0.3) is 0 Å². The van der Waals surface area contributed by atoms with E-state index in [-0.39, 0.29) is 17.3 Å². The minimum absolute atomic E-state index is 0. The minimum Gasteiger partial charge on any atom is -0.296 e. The molecule has 3 aromatic rings. The molecule has 4 rings (SSSR count). The van der Waals surface area contributed by atoms with Gasteiger partial charge in [-0.1, -0.05) is 42.8 Å². The molecule has 148 valence electrons. The standard InChI is InChI=1S/C22H24N2O2S.ClH/c1-17-8-5-6-13-24(17)16-19-10-7-9-18-14-21(15-23-22(18)19)27(25,26)20-11-3-2-4-12-20;/h2-4,7,9-12,14-15,17H,5-6,8,13,16H2,1H3;1H. The molecule has 1 fully saturated rings. The fraction of sp³-hybridized carbons (Fsp3) is 0.318. The molecular weight excluding hydrogens is 392 g/mol. The average molecular weight is 417 g/mol. The largest absolute Gasteiger partial charge is 0.296 e. The first-order chi connectivity index (χ1) is 13.1. The maximum Gasteiger partial charge on any atom is 0.208 e. The number of pyridine rings is 1. The molecule has 6 heteroatoms. The van der Waals surface area contributed by atoms with E-state index >= 15 is 0 Å². The van der Waals surface area contributed by atoms with Crippen molar-refractivity contribution < 1.29 is 8.42 Å². The van der Waals surface area contributed by atoms with Crippen molar-refractivity contribution >= 4 is 33.1 Å². The van der Waals surface area contributed by atoms with Gasteiger partial charge < -0.3 is 0 Å². The van der Waals surface area contributed by atoms with Crippen molar-refractivity contribution in [2.45, 2.75) is 48.6 Å². The number of piperidine rings is 1. The molecule has 1 aromatic heterocycles. The lowest BCUT2D eigenvalue weighted by Gasteiger charge is -2.33. The van der Waals surface area contributed by atoms with Gasteiger partial charge in [0.2, 0.25) is 9.84 Å². The second kappa shape index (κ2) is 8.60. The zero-order valence-electron chi connectivity index (χ0n) is 15.9. The maximum absolute atomic E-state index is 12.9. The van der Waals surface area contributed by atoms with Crippen molar-refractivity contribution in [2.24, 2.45) is 0 Å². The van der Waals surface area contributed by atoms with Crippen LogP contribution in [0, 0.1) is 0 Å². The van der Waals surface area contributed by atoms with Crippen LogP contribution >= 0.6 is 12.4 Å². The van der Waals surface area contributed by atoms with Crippen LogP contribution in [0.4, 0.5) is 0 Å². The normalized spacial score (nSPS) is 18.0. The number of hydrogen-bond acceptors (Lipinski definition) is 4. The Bertz CT molecular complexity index is 1050. The first-order valence-corrected chi connectivity index (χ1v) is 11.0. The SMILES string of the molecule is CC1CCCCN1Cc1cccc2cc(S(=O)(=O)c3ccccc3)cnc12.Cl. The Balaban J connectivity index is 0.00000225. The quantitative estimate of drug-likeness (QED) is 0.609. The number of rotatable bonds is 4. The van der Waals surface area contributed by atoms with Crippen LogP contribution in [0.5, 0.6) is 0 Å². The third-order valence-electron chi connectivity index (χ3n) is 5.45. The van der Waals surface area contributed by atoms with Crippen LogP contribution in [0.3, 0.4) is 0 Å². The summed E-state index contributed by atoms with van der Waals surface area (Å²) in [7, 11) is -3.55. The van der Waals surface area contributed by atoms with E-state index in [4.69, 9.17) is 0 Å². The highest BCUT2D eigenvalue weighted by atomic mass is 35.5. The molecule has 1 atom stereocenters. The number of para-hydroxylation sites is 1. The number of nitrogens with zero attached hydrogens (tertiary/aromatic N) is 2. The third kappa shape index (κ3) is 4.07. The van der Waals surface area contributed by atoms with E-state index in [1.54, 1.807) is 30.3 Å². The van der Waals surface area contributed by atoms with Gasteiger partial charge in [0, 0.05) is 24.2 Å². The van der Waals surface area contributed by atoms with Crippen molar-refractivity contribution in [1.82, 2.24) is 9.88 Å². The second-order valence-electron chi connectivity index (χ2n) is 7.29. The summed E-state index contributed by atoms with van der Waals surface area (Å²) >= 11 is 0. The molecule has 1 unspecified atom stereocenters. The van der Waals surface area contributed by atoms with Gasteiger partial charge in [-0.2, -0.15) is 0 Å². The van der Waals surface area contributed by atoms with E-state index in [2.05, 4.69) is 22.9 Å². The van der Waals surface area contributed by atoms with E-state index < -0.39 is 9.84 Å². The van der Waals surface area contributed by atoms with Gasteiger partial charge in [0.15, 0.2) is 0 Å². The summed E-state index contributed by atoms with van der Waals surface area (Å²) < 4.78 is 25.7. The van der Waals surface area contributed by atoms with Gasteiger partial charge >= 0.3 is 0 Å². The van der Waals surface area contributed by atoms with Gasteiger partial charge in [0.05, 0.1) is 15.3 Å². The van der Waals surface area contributed by atoms with Crippen LogP contribution < -0.4 is 0 Å². The number of benzene rings is 2. The van der Waals surface area contributed by atoms with Crippen molar-refractivity contribution in [3.05, 3.63) is 66.4 Å². The van der Waals surface area contributed by atoms with Crippen molar-refractivity contribution in [1.29, 1.82) is 0 Å². The topological polar surface area (TPSA) is 50.3 Å². The molecule has 1 aliphatic heterocycles. The van der Waals surface area contributed by atoms with Crippen molar-refractivity contribution in [3.8, 4) is 0 Å². The summed E-state index contributed by atoms with van der Waals surface area (Å²) in [5.41, 5.74) is 2.05. The molecule has 0 amide bonds. The van der Waals surface area contributed by atoms with Gasteiger partial charge in [-0.25, -0.2) is 8.42 Å². The summed E-state index contributed by atoms with van der Waals surface area (Å²) in [6, 6.07) is 16.9. The molecule has 0 saturated carbocycles. The Morgan fingerprint density at radius 3 is 2.57 bits per heavy atom. The van der Waals surface area contributed by atoms with Crippen LogP contribution in [-0.4, -0.2) is 30.9 Å². The third-order valence-corrected chi connectivity index (χ3v) is 7.18. The smallest absolute Gasteiger partial charge is 0.208 e. The number of hydrogen-bond donors (Lipinski definition) is 0. The van der Waals surface area contributed by atoms with E-state index in [1.807, 2.05) is 18.2 Å². The van der Waals surface area contributed by atoms with E-state index in [9.17, 15) is 8.42 Å². The highest BCUT2D eigenvalue weighted by molar-refractivity contribution is 7.91. The molecule has 2 aromatic carbocycles. The summed E-state index contributed by atoms with van der Waals surface area (Å²) in [6.07, 6.45) is 5.26. The lowest BCUT2D eigenvalue weighted by atomic mass is 10.0. The summed E-state index contributed by atoms with van der Waals surface area (Å²) in [5, 5.41) is 0.870. The summed E-state index contributed by atoms with van der Waals surface area (Å²) in [4.78, 5) is 7.59. The Morgan fingerprint density at radius 1 is 1.04 bits per heavy atom. The number of aromatic nitrogens is 1. The van der Waals surface area contributed by atoms with E-state index in [1.165, 1.54) is 25.5 Å². The van der Waals surface area contributed by atoms with Crippen LogP contribution in [0.2, 0.25) is 0 Å². The fourth-order valence-corrected chi connectivity index (χ4v) is 5.09. The average Bonchev–Trinajstić information content (AvgIpc) is 2.70. The van der Waals surface area contributed by atoms with Crippen LogP contribution in [0.1, 0.15) is 31.7 Å². The lowest BCUT2D eigenvalue weighted by molar-refractivity contribution is 0.153. The monoisotopic (exact) mass is 416 g/mol. The van der Waals surface area contributed by atoms with Crippen LogP contribution in [0.25, 0.3) is 10.9 Å². The van der Waals surface area contributed by atoms with E-state index in [0.717, 1.165) is 29.6 Å². The van der Waals surface area contributed by atoms with Gasteiger partial charge in [-0.3, -0.25) is 9.88 Å². The molecular formula is C22H25ClN2O2S. The Morgan fingerprint density at radius 2 is 1.82 bits per heavy atom. The van der Waals surface area contributed by atoms with Crippen molar-refractivity contribution in [3.63, 3.8) is 0 Å². The molecule has 0 aliphatic carbocycles. The fourth-order valence-electron chi connectivity index (χ4n) is 3.83. The molecule has 1 aliphatic rings. The van der Waals surface area contributed by atoms with Gasteiger partial charge in [0.1, 0.15) is 0 Å². The highest BCUT2D eigenvalue weighted by Gasteiger charge is 2.21. The molecule has 0 N–H and O–H groups in total.